The summed E-state index contributed by atoms with van der Waals surface area (Å²) < 4.78 is 13.1. The summed E-state index contributed by atoms with van der Waals surface area (Å²) in [6.45, 7) is 4.01. The van der Waals surface area contributed by atoms with E-state index in [2.05, 4.69) is 13.0 Å². The van der Waals surface area contributed by atoms with E-state index in [4.69, 9.17) is 5.73 Å². The first-order chi connectivity index (χ1) is 8.63. The van der Waals surface area contributed by atoms with Crippen LogP contribution in [0.3, 0.4) is 0 Å². The van der Waals surface area contributed by atoms with Gasteiger partial charge in [0.15, 0.2) is 0 Å². The topological polar surface area (TPSA) is 26.0 Å². The zero-order chi connectivity index (χ0) is 13.1. The van der Waals surface area contributed by atoms with Gasteiger partial charge in [0.05, 0.1) is 6.04 Å². The van der Waals surface area contributed by atoms with Crippen LogP contribution in [0.5, 0.6) is 0 Å². The van der Waals surface area contributed by atoms with Gasteiger partial charge in [-0.3, -0.25) is 0 Å². The van der Waals surface area contributed by atoms with Gasteiger partial charge >= 0.3 is 0 Å². The second-order valence-electron chi connectivity index (χ2n) is 4.53. The van der Waals surface area contributed by atoms with Crippen molar-refractivity contribution in [2.24, 2.45) is 5.73 Å². The molecule has 0 radical (unpaired) electrons. The minimum atomic E-state index is -0.216. The highest BCUT2D eigenvalue weighted by Crippen LogP contribution is 2.26. The maximum atomic E-state index is 13.1. The first kappa shape index (κ1) is 12.8. The molecule has 0 fully saturated rings. The molecular formula is C16H18FN. The standard InChI is InChI=1S/C16H18FN/c1-3-12-6-4-5-7-15(12)16(18)14-9-8-13(17)10-11(14)2/h4-10,16H,3,18H2,1-2H3. The van der Waals surface area contributed by atoms with E-state index in [0.29, 0.717) is 0 Å². The van der Waals surface area contributed by atoms with Crippen molar-refractivity contribution in [3.05, 3.63) is 70.5 Å². The molecule has 0 saturated carbocycles. The molecule has 1 unspecified atom stereocenters. The van der Waals surface area contributed by atoms with Crippen LogP contribution >= 0.6 is 0 Å². The van der Waals surface area contributed by atoms with E-state index in [9.17, 15) is 4.39 Å². The number of hydrogen-bond acceptors (Lipinski definition) is 1. The Balaban J connectivity index is 2.44. The summed E-state index contributed by atoms with van der Waals surface area (Å²) in [6.07, 6.45) is 0.949. The number of aryl methyl sites for hydroxylation is 2. The fourth-order valence-electron chi connectivity index (χ4n) is 2.32. The molecule has 2 aromatic carbocycles. The second kappa shape index (κ2) is 5.32. The van der Waals surface area contributed by atoms with Crippen molar-refractivity contribution in [1.29, 1.82) is 0 Å². The Morgan fingerprint density at radius 1 is 1.11 bits per heavy atom. The van der Waals surface area contributed by atoms with Crippen molar-refractivity contribution < 1.29 is 4.39 Å². The Labute approximate surface area is 107 Å². The maximum Gasteiger partial charge on any atom is 0.123 e. The van der Waals surface area contributed by atoms with Gasteiger partial charge in [-0.05, 0) is 47.7 Å². The lowest BCUT2D eigenvalue weighted by Crippen LogP contribution is -2.15. The Bertz CT molecular complexity index is 549. The van der Waals surface area contributed by atoms with Crippen LogP contribution < -0.4 is 5.73 Å². The molecule has 2 heteroatoms. The third-order valence-corrected chi connectivity index (χ3v) is 3.34. The van der Waals surface area contributed by atoms with Crippen molar-refractivity contribution in [2.45, 2.75) is 26.3 Å². The van der Waals surface area contributed by atoms with Crippen molar-refractivity contribution >= 4 is 0 Å². The molecule has 0 aliphatic rings. The Morgan fingerprint density at radius 3 is 2.50 bits per heavy atom. The Morgan fingerprint density at radius 2 is 1.83 bits per heavy atom. The molecule has 0 amide bonds. The van der Waals surface area contributed by atoms with E-state index in [1.54, 1.807) is 6.07 Å². The van der Waals surface area contributed by atoms with Crippen LogP contribution in [-0.2, 0) is 6.42 Å². The molecule has 18 heavy (non-hydrogen) atoms. The van der Waals surface area contributed by atoms with Crippen LogP contribution in [0.15, 0.2) is 42.5 Å². The number of hydrogen-bond donors (Lipinski definition) is 1. The van der Waals surface area contributed by atoms with Crippen molar-refractivity contribution in [3.8, 4) is 0 Å². The Hall–Kier alpha value is -1.67. The SMILES string of the molecule is CCc1ccccc1C(N)c1ccc(F)cc1C. The highest BCUT2D eigenvalue weighted by molar-refractivity contribution is 5.40. The van der Waals surface area contributed by atoms with Crippen molar-refractivity contribution in [3.63, 3.8) is 0 Å². The van der Waals surface area contributed by atoms with E-state index in [-0.39, 0.29) is 11.9 Å². The van der Waals surface area contributed by atoms with Gasteiger partial charge in [0.25, 0.3) is 0 Å². The van der Waals surface area contributed by atoms with Gasteiger partial charge in [-0.2, -0.15) is 0 Å². The first-order valence-corrected chi connectivity index (χ1v) is 6.23. The number of benzene rings is 2. The van der Waals surface area contributed by atoms with Crippen LogP contribution in [0.1, 0.15) is 35.2 Å². The molecule has 0 aliphatic carbocycles. The number of nitrogens with two attached hydrogens (primary N) is 1. The predicted octanol–water partition coefficient (Wildman–Crippen LogP) is 3.74. The van der Waals surface area contributed by atoms with Crippen molar-refractivity contribution in [1.82, 2.24) is 0 Å². The average Bonchev–Trinajstić information content (AvgIpc) is 2.38. The highest BCUT2D eigenvalue weighted by Gasteiger charge is 2.14. The second-order valence-corrected chi connectivity index (χ2v) is 4.53. The van der Waals surface area contributed by atoms with Gasteiger partial charge in [0.2, 0.25) is 0 Å². The molecule has 1 atom stereocenters. The molecule has 2 rings (SSSR count). The molecule has 0 spiro atoms. The highest BCUT2D eigenvalue weighted by atomic mass is 19.1. The van der Waals surface area contributed by atoms with E-state index in [1.807, 2.05) is 25.1 Å². The summed E-state index contributed by atoms with van der Waals surface area (Å²) in [6, 6.07) is 12.7. The molecule has 0 heterocycles. The fraction of sp³-hybridized carbons (Fsp3) is 0.250. The molecule has 2 N–H and O–H groups in total. The molecule has 94 valence electrons. The number of rotatable bonds is 3. The third-order valence-electron chi connectivity index (χ3n) is 3.34. The van der Waals surface area contributed by atoms with E-state index >= 15 is 0 Å². The lowest BCUT2D eigenvalue weighted by molar-refractivity contribution is 0.624. The fourth-order valence-corrected chi connectivity index (χ4v) is 2.32. The van der Waals surface area contributed by atoms with Crippen LogP contribution in [0.25, 0.3) is 0 Å². The molecule has 0 aromatic heterocycles. The minimum absolute atomic E-state index is 0.193. The zero-order valence-electron chi connectivity index (χ0n) is 10.8. The molecule has 0 saturated heterocycles. The van der Waals surface area contributed by atoms with Crippen LogP contribution in [0.2, 0.25) is 0 Å². The maximum absolute atomic E-state index is 13.1. The zero-order valence-corrected chi connectivity index (χ0v) is 10.8. The lowest BCUT2D eigenvalue weighted by Gasteiger charge is -2.18. The smallest absolute Gasteiger partial charge is 0.123 e. The van der Waals surface area contributed by atoms with Gasteiger partial charge in [0.1, 0.15) is 5.82 Å². The van der Waals surface area contributed by atoms with Crippen LogP contribution in [-0.4, -0.2) is 0 Å². The molecular weight excluding hydrogens is 225 g/mol. The summed E-state index contributed by atoms with van der Waals surface area (Å²) in [7, 11) is 0. The molecule has 2 aromatic rings. The number of halogens is 1. The monoisotopic (exact) mass is 243 g/mol. The van der Waals surface area contributed by atoms with E-state index in [1.165, 1.54) is 17.7 Å². The van der Waals surface area contributed by atoms with E-state index < -0.39 is 0 Å². The van der Waals surface area contributed by atoms with Crippen LogP contribution in [0, 0.1) is 12.7 Å². The summed E-state index contributed by atoms with van der Waals surface area (Å²) in [5.41, 5.74) is 10.6. The summed E-state index contributed by atoms with van der Waals surface area (Å²) in [5, 5.41) is 0. The molecule has 0 aliphatic heterocycles. The van der Waals surface area contributed by atoms with Gasteiger partial charge in [-0.1, -0.05) is 37.3 Å². The van der Waals surface area contributed by atoms with Gasteiger partial charge in [0, 0.05) is 0 Å². The normalized spacial score (nSPS) is 12.4. The minimum Gasteiger partial charge on any atom is -0.320 e. The average molecular weight is 243 g/mol. The van der Waals surface area contributed by atoms with Crippen molar-refractivity contribution in [2.75, 3.05) is 0 Å². The molecule has 0 bridgehead atoms. The van der Waals surface area contributed by atoms with Crippen LogP contribution in [0.4, 0.5) is 4.39 Å². The summed E-state index contributed by atoms with van der Waals surface area (Å²) in [5.74, 6) is -0.216. The van der Waals surface area contributed by atoms with Gasteiger partial charge in [-0.15, -0.1) is 0 Å². The predicted molar refractivity (Wildman–Crippen MR) is 73.0 cm³/mol. The summed E-state index contributed by atoms with van der Waals surface area (Å²) >= 11 is 0. The quantitative estimate of drug-likeness (QED) is 0.873. The third kappa shape index (κ3) is 2.44. The summed E-state index contributed by atoms with van der Waals surface area (Å²) in [4.78, 5) is 0. The van der Waals surface area contributed by atoms with Gasteiger partial charge in [-0.25, -0.2) is 4.39 Å². The van der Waals surface area contributed by atoms with Gasteiger partial charge < -0.3 is 5.73 Å². The lowest BCUT2D eigenvalue weighted by atomic mass is 9.91. The Kier molecular flexibility index (Phi) is 3.78. The van der Waals surface area contributed by atoms with E-state index in [0.717, 1.165) is 23.1 Å². The first-order valence-electron chi connectivity index (χ1n) is 6.23. The molecule has 1 nitrogen and oxygen atoms in total. The largest absolute Gasteiger partial charge is 0.320 e.